The van der Waals surface area contributed by atoms with Gasteiger partial charge in [0.2, 0.25) is 10.0 Å². The molecule has 0 bridgehead atoms. The van der Waals surface area contributed by atoms with Crippen molar-refractivity contribution >= 4 is 10.0 Å². The molecule has 20 heavy (non-hydrogen) atoms. The first-order valence-electron chi connectivity index (χ1n) is 5.96. The Bertz CT molecular complexity index is 683. The molecule has 0 saturated heterocycles. The van der Waals surface area contributed by atoms with E-state index in [4.69, 9.17) is 4.74 Å². The van der Waals surface area contributed by atoms with E-state index in [1.54, 1.807) is 25.1 Å². The Morgan fingerprint density at radius 2 is 2.15 bits per heavy atom. The summed E-state index contributed by atoms with van der Waals surface area (Å²) >= 11 is 0. The van der Waals surface area contributed by atoms with E-state index >= 15 is 0 Å². The minimum absolute atomic E-state index is 0.103. The fraction of sp³-hybridized carbons (Fsp3) is 0.333. The van der Waals surface area contributed by atoms with Gasteiger partial charge in [-0.05, 0) is 31.5 Å². The zero-order valence-corrected chi connectivity index (χ0v) is 12.2. The second kappa shape index (κ2) is 5.59. The van der Waals surface area contributed by atoms with Crippen molar-refractivity contribution in [3.63, 3.8) is 0 Å². The van der Waals surface area contributed by atoms with Crippen LogP contribution in [0.4, 0.5) is 0 Å². The number of hydrogen-bond acceptors (Lipinski definition) is 5. The SMILES string of the molecule is COc1ccc(C)cc1S(=O)(=O)NC(C)c1ncn[nH]1. The molecule has 1 aromatic heterocycles. The number of aromatic amines is 1. The average molecular weight is 296 g/mol. The van der Waals surface area contributed by atoms with Crippen LogP contribution in [-0.2, 0) is 10.0 Å². The van der Waals surface area contributed by atoms with Gasteiger partial charge in [-0.3, -0.25) is 5.10 Å². The molecule has 7 nitrogen and oxygen atoms in total. The van der Waals surface area contributed by atoms with E-state index in [1.807, 2.05) is 6.92 Å². The molecule has 2 rings (SSSR count). The van der Waals surface area contributed by atoms with Crippen molar-refractivity contribution in [2.24, 2.45) is 0 Å². The molecule has 0 saturated carbocycles. The van der Waals surface area contributed by atoms with Gasteiger partial charge in [0.1, 0.15) is 22.8 Å². The molecular formula is C12H16N4O3S. The molecule has 0 aliphatic carbocycles. The normalized spacial score (nSPS) is 13.2. The van der Waals surface area contributed by atoms with Crippen LogP contribution in [0.1, 0.15) is 24.4 Å². The van der Waals surface area contributed by atoms with Crippen molar-refractivity contribution in [3.8, 4) is 5.75 Å². The summed E-state index contributed by atoms with van der Waals surface area (Å²) in [5.41, 5.74) is 0.832. The van der Waals surface area contributed by atoms with Crippen molar-refractivity contribution < 1.29 is 13.2 Å². The van der Waals surface area contributed by atoms with Gasteiger partial charge in [-0.1, -0.05) is 6.07 Å². The lowest BCUT2D eigenvalue weighted by Gasteiger charge is -2.14. The van der Waals surface area contributed by atoms with E-state index in [0.717, 1.165) is 5.56 Å². The van der Waals surface area contributed by atoms with Crippen molar-refractivity contribution in [3.05, 3.63) is 35.9 Å². The minimum atomic E-state index is -3.71. The van der Waals surface area contributed by atoms with Gasteiger partial charge in [-0.15, -0.1) is 0 Å². The van der Waals surface area contributed by atoms with Gasteiger partial charge in [-0.25, -0.2) is 18.1 Å². The van der Waals surface area contributed by atoms with Crippen LogP contribution in [0.5, 0.6) is 5.75 Å². The minimum Gasteiger partial charge on any atom is -0.495 e. The molecule has 1 aromatic carbocycles. The summed E-state index contributed by atoms with van der Waals surface area (Å²) in [6, 6.07) is 4.46. The smallest absolute Gasteiger partial charge is 0.244 e. The van der Waals surface area contributed by atoms with Crippen molar-refractivity contribution in [1.82, 2.24) is 19.9 Å². The number of benzene rings is 1. The number of aromatic nitrogens is 3. The van der Waals surface area contributed by atoms with E-state index < -0.39 is 16.1 Å². The molecular weight excluding hydrogens is 280 g/mol. The quantitative estimate of drug-likeness (QED) is 0.863. The Hall–Kier alpha value is -1.93. The third-order valence-electron chi connectivity index (χ3n) is 2.78. The maximum atomic E-state index is 12.4. The molecule has 1 unspecified atom stereocenters. The first-order valence-corrected chi connectivity index (χ1v) is 7.44. The van der Waals surface area contributed by atoms with Crippen LogP contribution in [-0.4, -0.2) is 30.7 Å². The fourth-order valence-electron chi connectivity index (χ4n) is 1.77. The van der Waals surface area contributed by atoms with Gasteiger partial charge in [0, 0.05) is 0 Å². The summed E-state index contributed by atoms with van der Waals surface area (Å²) in [5.74, 6) is 0.744. The Labute approximate surface area is 117 Å². The van der Waals surface area contributed by atoms with Gasteiger partial charge in [0.05, 0.1) is 13.2 Å². The monoisotopic (exact) mass is 296 g/mol. The van der Waals surface area contributed by atoms with Crippen LogP contribution in [0.25, 0.3) is 0 Å². The third-order valence-corrected chi connectivity index (χ3v) is 4.35. The van der Waals surface area contributed by atoms with Crippen molar-refractivity contribution in [2.75, 3.05) is 7.11 Å². The van der Waals surface area contributed by atoms with E-state index in [2.05, 4.69) is 19.9 Å². The number of nitrogens with one attached hydrogen (secondary N) is 2. The highest BCUT2D eigenvalue weighted by atomic mass is 32.2. The maximum Gasteiger partial charge on any atom is 0.244 e. The number of methoxy groups -OCH3 is 1. The second-order valence-corrected chi connectivity index (χ2v) is 6.05. The van der Waals surface area contributed by atoms with E-state index in [1.165, 1.54) is 13.4 Å². The molecule has 0 aliphatic rings. The van der Waals surface area contributed by atoms with Crippen LogP contribution in [0, 0.1) is 6.92 Å². The third kappa shape index (κ3) is 2.97. The summed E-state index contributed by atoms with van der Waals surface area (Å²) in [6.45, 7) is 3.50. The Balaban J connectivity index is 2.33. The number of H-pyrrole nitrogens is 1. The van der Waals surface area contributed by atoms with Crippen LogP contribution in [0.3, 0.4) is 0 Å². The predicted octanol–water partition coefficient (Wildman–Crippen LogP) is 1.16. The van der Waals surface area contributed by atoms with E-state index in [9.17, 15) is 8.42 Å². The topological polar surface area (TPSA) is 97.0 Å². The lowest BCUT2D eigenvalue weighted by atomic mass is 10.2. The number of aryl methyl sites for hydroxylation is 1. The molecule has 1 atom stereocenters. The summed E-state index contributed by atoms with van der Waals surface area (Å²) in [4.78, 5) is 4.03. The molecule has 2 aromatic rings. The molecule has 0 fully saturated rings. The molecule has 0 radical (unpaired) electrons. The van der Waals surface area contributed by atoms with Gasteiger partial charge in [0.25, 0.3) is 0 Å². The van der Waals surface area contributed by atoms with Gasteiger partial charge in [0.15, 0.2) is 0 Å². The fourth-order valence-corrected chi connectivity index (χ4v) is 3.23. The van der Waals surface area contributed by atoms with E-state index in [-0.39, 0.29) is 4.90 Å². The first-order chi connectivity index (χ1) is 9.44. The molecule has 2 N–H and O–H groups in total. The molecule has 0 spiro atoms. The number of rotatable bonds is 5. The maximum absolute atomic E-state index is 12.4. The lowest BCUT2D eigenvalue weighted by molar-refractivity contribution is 0.402. The highest BCUT2D eigenvalue weighted by Crippen LogP contribution is 2.25. The van der Waals surface area contributed by atoms with Crippen LogP contribution < -0.4 is 9.46 Å². The van der Waals surface area contributed by atoms with Gasteiger partial charge in [-0.2, -0.15) is 5.10 Å². The standard InChI is InChI=1S/C12H16N4O3S/c1-8-4-5-10(19-3)11(6-8)20(17,18)16-9(2)12-13-7-14-15-12/h4-7,9,16H,1-3H3,(H,13,14,15). The average Bonchev–Trinajstić information content (AvgIpc) is 2.92. The number of nitrogens with zero attached hydrogens (tertiary/aromatic N) is 2. The molecule has 8 heteroatoms. The summed E-state index contributed by atoms with van der Waals surface area (Å²) in [7, 11) is -2.28. The van der Waals surface area contributed by atoms with Gasteiger partial charge >= 0.3 is 0 Å². The second-order valence-electron chi connectivity index (χ2n) is 4.37. The highest BCUT2D eigenvalue weighted by molar-refractivity contribution is 7.89. The molecule has 1 heterocycles. The van der Waals surface area contributed by atoms with Gasteiger partial charge < -0.3 is 4.74 Å². The Kier molecular flexibility index (Phi) is 4.05. The Morgan fingerprint density at radius 1 is 1.40 bits per heavy atom. The zero-order valence-electron chi connectivity index (χ0n) is 11.4. The first kappa shape index (κ1) is 14.5. The van der Waals surface area contributed by atoms with Crippen LogP contribution >= 0.6 is 0 Å². The largest absolute Gasteiger partial charge is 0.495 e. The zero-order chi connectivity index (χ0) is 14.8. The summed E-state index contributed by atoms with van der Waals surface area (Å²) in [6.07, 6.45) is 1.33. The number of ether oxygens (including phenoxy) is 1. The molecule has 0 amide bonds. The highest BCUT2D eigenvalue weighted by Gasteiger charge is 2.23. The van der Waals surface area contributed by atoms with Crippen molar-refractivity contribution in [1.29, 1.82) is 0 Å². The van der Waals surface area contributed by atoms with Crippen LogP contribution in [0.2, 0.25) is 0 Å². The molecule has 0 aliphatic heterocycles. The molecule has 108 valence electrons. The van der Waals surface area contributed by atoms with Crippen molar-refractivity contribution in [2.45, 2.75) is 24.8 Å². The predicted molar refractivity (Wildman–Crippen MR) is 72.9 cm³/mol. The Morgan fingerprint density at radius 3 is 2.75 bits per heavy atom. The number of hydrogen-bond donors (Lipinski definition) is 2. The van der Waals surface area contributed by atoms with Crippen LogP contribution in [0.15, 0.2) is 29.4 Å². The number of sulfonamides is 1. The summed E-state index contributed by atoms with van der Waals surface area (Å²) < 4.78 is 32.5. The van der Waals surface area contributed by atoms with E-state index in [0.29, 0.717) is 11.6 Å². The lowest BCUT2D eigenvalue weighted by Crippen LogP contribution is -2.28. The summed E-state index contributed by atoms with van der Waals surface area (Å²) in [5, 5.41) is 6.33.